The molecule has 0 aliphatic carbocycles. The first kappa shape index (κ1) is 12.8. The largest absolute Gasteiger partial charge is 0.481 e. The van der Waals surface area contributed by atoms with Crippen molar-refractivity contribution in [2.75, 3.05) is 12.4 Å². The second-order valence-electron chi connectivity index (χ2n) is 3.91. The second-order valence-corrected chi connectivity index (χ2v) is 4.66. The van der Waals surface area contributed by atoms with Crippen LogP contribution in [0.3, 0.4) is 0 Å². The van der Waals surface area contributed by atoms with Crippen LogP contribution in [0.1, 0.15) is 24.0 Å². The smallest absolute Gasteiger partial charge is 0.216 e. The van der Waals surface area contributed by atoms with Crippen molar-refractivity contribution < 1.29 is 4.74 Å². The van der Waals surface area contributed by atoms with Gasteiger partial charge < -0.3 is 10.1 Å². The Morgan fingerprint density at radius 3 is 2.78 bits per heavy atom. The molecule has 18 heavy (non-hydrogen) atoms. The van der Waals surface area contributed by atoms with E-state index in [9.17, 15) is 0 Å². The third-order valence-corrected chi connectivity index (χ3v) is 3.41. The highest BCUT2D eigenvalue weighted by Gasteiger charge is 2.15. The minimum atomic E-state index is 0.648. The van der Waals surface area contributed by atoms with Crippen molar-refractivity contribution in [1.82, 2.24) is 19.1 Å². The highest BCUT2D eigenvalue weighted by molar-refractivity contribution is 7.09. The van der Waals surface area contributed by atoms with Crippen molar-refractivity contribution in [2.45, 2.75) is 26.8 Å². The minimum absolute atomic E-state index is 0.648. The Hall–Kier alpha value is -1.63. The molecule has 98 valence electrons. The SMILES string of the molecule is CCc1nn(C)c(OC)c1CNc1nc(C)ns1. The van der Waals surface area contributed by atoms with E-state index >= 15 is 0 Å². The number of aromatic nitrogens is 4. The van der Waals surface area contributed by atoms with Gasteiger partial charge in [0.1, 0.15) is 5.82 Å². The van der Waals surface area contributed by atoms with Gasteiger partial charge in [0.05, 0.1) is 18.4 Å². The van der Waals surface area contributed by atoms with Crippen molar-refractivity contribution in [3.63, 3.8) is 0 Å². The molecule has 0 fully saturated rings. The fourth-order valence-corrected chi connectivity index (χ4v) is 2.42. The monoisotopic (exact) mass is 267 g/mol. The van der Waals surface area contributed by atoms with Crippen molar-refractivity contribution >= 4 is 16.7 Å². The average molecular weight is 267 g/mol. The molecule has 0 saturated heterocycles. The number of anilines is 1. The number of ether oxygens (including phenoxy) is 1. The molecule has 0 atom stereocenters. The summed E-state index contributed by atoms with van der Waals surface area (Å²) in [5.74, 6) is 1.58. The van der Waals surface area contributed by atoms with Gasteiger partial charge in [-0.3, -0.25) is 0 Å². The van der Waals surface area contributed by atoms with Crippen molar-refractivity contribution in [3.8, 4) is 5.88 Å². The lowest BCUT2D eigenvalue weighted by molar-refractivity contribution is 0.370. The average Bonchev–Trinajstić information content (AvgIpc) is 2.90. The zero-order valence-electron chi connectivity index (χ0n) is 11.0. The minimum Gasteiger partial charge on any atom is -0.481 e. The molecule has 0 spiro atoms. The highest BCUT2D eigenvalue weighted by atomic mass is 32.1. The normalized spacial score (nSPS) is 10.7. The van der Waals surface area contributed by atoms with Crippen molar-refractivity contribution in [3.05, 3.63) is 17.1 Å². The third-order valence-electron chi connectivity index (χ3n) is 2.64. The van der Waals surface area contributed by atoms with Crippen LogP contribution in [0.4, 0.5) is 5.13 Å². The van der Waals surface area contributed by atoms with E-state index in [1.807, 2.05) is 14.0 Å². The Bertz CT molecular complexity index is 534. The number of nitrogens with one attached hydrogen (secondary N) is 1. The van der Waals surface area contributed by atoms with Gasteiger partial charge in [-0.1, -0.05) is 6.92 Å². The Kier molecular flexibility index (Phi) is 3.81. The van der Waals surface area contributed by atoms with E-state index in [4.69, 9.17) is 4.74 Å². The molecular weight excluding hydrogens is 250 g/mol. The van der Waals surface area contributed by atoms with Gasteiger partial charge in [0.25, 0.3) is 0 Å². The first-order valence-electron chi connectivity index (χ1n) is 5.78. The van der Waals surface area contributed by atoms with Gasteiger partial charge in [-0.2, -0.15) is 9.47 Å². The van der Waals surface area contributed by atoms with Crippen LogP contribution >= 0.6 is 11.5 Å². The summed E-state index contributed by atoms with van der Waals surface area (Å²) in [7, 11) is 3.55. The van der Waals surface area contributed by atoms with E-state index in [0.29, 0.717) is 6.54 Å². The van der Waals surface area contributed by atoms with Crippen molar-refractivity contribution in [2.24, 2.45) is 7.05 Å². The van der Waals surface area contributed by atoms with Gasteiger partial charge in [0.2, 0.25) is 11.0 Å². The topological polar surface area (TPSA) is 64.9 Å². The van der Waals surface area contributed by atoms with Gasteiger partial charge in [0.15, 0.2) is 0 Å². The van der Waals surface area contributed by atoms with Crippen LogP contribution in [-0.2, 0) is 20.0 Å². The standard InChI is InChI=1S/C11H17N5OS/c1-5-9-8(10(17-4)16(3)14-9)6-12-11-13-7(2)15-18-11/h5-6H2,1-4H3,(H,12,13,15). The summed E-state index contributed by atoms with van der Waals surface area (Å²) in [6.07, 6.45) is 0.878. The quantitative estimate of drug-likeness (QED) is 0.894. The van der Waals surface area contributed by atoms with Crippen LogP contribution in [0.15, 0.2) is 0 Å². The van der Waals surface area contributed by atoms with E-state index in [1.54, 1.807) is 11.8 Å². The lowest BCUT2D eigenvalue weighted by Gasteiger charge is -2.05. The Morgan fingerprint density at radius 1 is 1.44 bits per heavy atom. The molecule has 6 nitrogen and oxygen atoms in total. The Balaban J connectivity index is 2.17. The lowest BCUT2D eigenvalue weighted by atomic mass is 10.2. The first-order chi connectivity index (χ1) is 8.65. The van der Waals surface area contributed by atoms with Crippen molar-refractivity contribution in [1.29, 1.82) is 0 Å². The lowest BCUT2D eigenvalue weighted by Crippen LogP contribution is -2.03. The fourth-order valence-electron chi connectivity index (χ4n) is 1.86. The Labute approximate surface area is 110 Å². The number of rotatable bonds is 5. The summed E-state index contributed by atoms with van der Waals surface area (Å²) >= 11 is 1.36. The molecule has 2 heterocycles. The van der Waals surface area contributed by atoms with Crippen LogP contribution < -0.4 is 10.1 Å². The van der Waals surface area contributed by atoms with E-state index in [2.05, 4.69) is 26.7 Å². The molecule has 2 aromatic heterocycles. The van der Waals surface area contributed by atoms with Gasteiger partial charge in [-0.05, 0) is 13.3 Å². The van der Waals surface area contributed by atoms with E-state index in [0.717, 1.165) is 34.5 Å². The molecule has 0 unspecified atom stereocenters. The van der Waals surface area contributed by atoms with Crippen LogP contribution in [-0.4, -0.2) is 26.2 Å². The molecule has 0 radical (unpaired) electrons. The van der Waals surface area contributed by atoms with Crippen LogP contribution in [0, 0.1) is 6.92 Å². The summed E-state index contributed by atoms with van der Waals surface area (Å²) in [5, 5.41) is 8.51. The summed E-state index contributed by atoms with van der Waals surface area (Å²) < 4.78 is 11.3. The maximum absolute atomic E-state index is 5.38. The molecule has 0 aromatic carbocycles. The van der Waals surface area contributed by atoms with Gasteiger partial charge >= 0.3 is 0 Å². The molecule has 0 saturated carbocycles. The van der Waals surface area contributed by atoms with E-state index < -0.39 is 0 Å². The maximum Gasteiger partial charge on any atom is 0.216 e. The molecule has 0 amide bonds. The summed E-state index contributed by atoms with van der Waals surface area (Å²) in [5.41, 5.74) is 2.12. The van der Waals surface area contributed by atoms with E-state index in [-0.39, 0.29) is 0 Å². The predicted octanol–water partition coefficient (Wildman–Crippen LogP) is 1.76. The maximum atomic E-state index is 5.38. The third kappa shape index (κ3) is 2.45. The Morgan fingerprint density at radius 2 is 2.22 bits per heavy atom. The number of nitrogens with zero attached hydrogens (tertiary/aromatic N) is 4. The number of hydrogen-bond acceptors (Lipinski definition) is 6. The molecule has 0 aliphatic heterocycles. The van der Waals surface area contributed by atoms with E-state index in [1.165, 1.54) is 11.5 Å². The number of hydrogen-bond donors (Lipinski definition) is 1. The first-order valence-corrected chi connectivity index (χ1v) is 6.56. The molecule has 2 rings (SSSR count). The molecule has 0 bridgehead atoms. The van der Waals surface area contributed by atoms with Gasteiger partial charge in [-0.25, -0.2) is 9.67 Å². The number of aryl methyl sites for hydroxylation is 3. The molecule has 1 N–H and O–H groups in total. The van der Waals surface area contributed by atoms with Gasteiger partial charge in [0, 0.05) is 25.1 Å². The highest BCUT2D eigenvalue weighted by Crippen LogP contribution is 2.23. The molecule has 2 aromatic rings. The summed E-state index contributed by atoms with van der Waals surface area (Å²) in [6.45, 7) is 4.61. The second kappa shape index (κ2) is 5.34. The summed E-state index contributed by atoms with van der Waals surface area (Å²) in [6, 6.07) is 0. The fraction of sp³-hybridized carbons (Fsp3) is 0.545. The zero-order chi connectivity index (χ0) is 13.1. The van der Waals surface area contributed by atoms with Crippen LogP contribution in [0.5, 0.6) is 5.88 Å². The summed E-state index contributed by atoms with van der Waals surface area (Å²) in [4.78, 5) is 4.27. The zero-order valence-corrected chi connectivity index (χ0v) is 11.8. The van der Waals surface area contributed by atoms with Crippen LogP contribution in [0.2, 0.25) is 0 Å². The van der Waals surface area contributed by atoms with Gasteiger partial charge in [-0.15, -0.1) is 0 Å². The molecule has 7 heteroatoms. The molecule has 0 aliphatic rings. The predicted molar refractivity (Wildman–Crippen MR) is 71.1 cm³/mol. The van der Waals surface area contributed by atoms with Crippen LogP contribution in [0.25, 0.3) is 0 Å². The number of methoxy groups -OCH3 is 1. The molecular formula is C11H17N5OS.